The lowest BCUT2D eigenvalue weighted by atomic mass is 10.1. The highest BCUT2D eigenvalue weighted by Crippen LogP contribution is 2.24. The zero-order valence-electron chi connectivity index (χ0n) is 13.8. The van der Waals surface area contributed by atoms with Crippen molar-refractivity contribution in [3.63, 3.8) is 0 Å². The van der Waals surface area contributed by atoms with Crippen LogP contribution in [-0.2, 0) is 11.2 Å². The molecule has 1 heterocycles. The Morgan fingerprint density at radius 1 is 1.04 bits per heavy atom. The van der Waals surface area contributed by atoms with Gasteiger partial charge in [-0.25, -0.2) is 0 Å². The van der Waals surface area contributed by atoms with E-state index in [9.17, 15) is 4.79 Å². The standard InChI is InChI=1S/C19H27ClN2O/c20-17-10-8-16(9-11-17)4-3-7-19(23)22-14-12-21(13-15-22)18-5-1-2-6-18/h8-11,18H,1-7,12-15H2. The maximum atomic E-state index is 12.4. The molecule has 23 heavy (non-hydrogen) atoms. The first-order valence-electron chi connectivity index (χ1n) is 8.98. The second kappa shape index (κ2) is 8.16. The van der Waals surface area contributed by atoms with E-state index in [-0.39, 0.29) is 0 Å². The summed E-state index contributed by atoms with van der Waals surface area (Å²) in [5, 5.41) is 0.768. The third-order valence-corrected chi connectivity index (χ3v) is 5.53. The second-order valence-corrected chi connectivity index (χ2v) is 7.27. The molecule has 1 saturated heterocycles. The molecule has 0 N–H and O–H groups in total. The van der Waals surface area contributed by atoms with Gasteiger partial charge in [0, 0.05) is 43.7 Å². The van der Waals surface area contributed by atoms with Crippen LogP contribution in [0.2, 0.25) is 5.02 Å². The van der Waals surface area contributed by atoms with E-state index < -0.39 is 0 Å². The summed E-state index contributed by atoms with van der Waals surface area (Å²) in [5.41, 5.74) is 1.26. The predicted molar refractivity (Wildman–Crippen MR) is 94.8 cm³/mol. The third kappa shape index (κ3) is 4.71. The van der Waals surface area contributed by atoms with Crippen molar-refractivity contribution in [2.24, 2.45) is 0 Å². The lowest BCUT2D eigenvalue weighted by Gasteiger charge is -2.38. The summed E-state index contributed by atoms with van der Waals surface area (Å²) < 4.78 is 0. The van der Waals surface area contributed by atoms with Crippen LogP contribution in [0.25, 0.3) is 0 Å². The molecule has 3 rings (SSSR count). The Kier molecular flexibility index (Phi) is 5.96. The molecule has 1 aliphatic carbocycles. The van der Waals surface area contributed by atoms with E-state index in [1.807, 2.05) is 24.3 Å². The molecule has 2 fully saturated rings. The summed E-state index contributed by atoms with van der Waals surface area (Å²) >= 11 is 5.89. The third-order valence-electron chi connectivity index (χ3n) is 5.28. The molecule has 1 saturated carbocycles. The molecule has 1 aromatic rings. The highest BCUT2D eigenvalue weighted by Gasteiger charge is 2.27. The Morgan fingerprint density at radius 3 is 2.35 bits per heavy atom. The fourth-order valence-electron chi connectivity index (χ4n) is 3.86. The normalized spacial score (nSPS) is 20.1. The molecule has 0 bridgehead atoms. The fourth-order valence-corrected chi connectivity index (χ4v) is 3.98. The van der Waals surface area contributed by atoms with Crippen LogP contribution in [-0.4, -0.2) is 47.9 Å². The molecule has 0 aromatic heterocycles. The van der Waals surface area contributed by atoms with E-state index in [1.165, 1.54) is 31.2 Å². The molecule has 1 aromatic carbocycles. The number of carbonyl (C=O) groups excluding carboxylic acids is 1. The van der Waals surface area contributed by atoms with Crippen molar-refractivity contribution in [2.75, 3.05) is 26.2 Å². The molecular weight excluding hydrogens is 308 g/mol. The van der Waals surface area contributed by atoms with Gasteiger partial charge in [-0.05, 0) is 43.4 Å². The van der Waals surface area contributed by atoms with E-state index in [1.54, 1.807) is 0 Å². The number of halogens is 1. The molecule has 0 unspecified atom stereocenters. The maximum absolute atomic E-state index is 12.4. The van der Waals surface area contributed by atoms with Crippen molar-refractivity contribution < 1.29 is 4.79 Å². The number of hydrogen-bond acceptors (Lipinski definition) is 2. The first-order chi connectivity index (χ1) is 11.2. The number of nitrogens with zero attached hydrogens (tertiary/aromatic N) is 2. The minimum Gasteiger partial charge on any atom is -0.340 e. The van der Waals surface area contributed by atoms with Crippen LogP contribution in [0.5, 0.6) is 0 Å². The number of rotatable bonds is 5. The van der Waals surface area contributed by atoms with Gasteiger partial charge >= 0.3 is 0 Å². The Balaban J connectivity index is 1.36. The van der Waals surface area contributed by atoms with E-state index in [0.29, 0.717) is 12.3 Å². The zero-order valence-corrected chi connectivity index (χ0v) is 14.6. The van der Waals surface area contributed by atoms with Crippen LogP contribution in [0.3, 0.4) is 0 Å². The number of benzene rings is 1. The van der Waals surface area contributed by atoms with Gasteiger partial charge < -0.3 is 4.90 Å². The Hall–Kier alpha value is -1.06. The Labute approximate surface area is 144 Å². The van der Waals surface area contributed by atoms with Gasteiger partial charge in [-0.2, -0.15) is 0 Å². The lowest BCUT2D eigenvalue weighted by molar-refractivity contribution is -0.133. The van der Waals surface area contributed by atoms with Gasteiger partial charge in [-0.3, -0.25) is 9.69 Å². The first-order valence-corrected chi connectivity index (χ1v) is 9.36. The van der Waals surface area contributed by atoms with Crippen molar-refractivity contribution in [3.05, 3.63) is 34.9 Å². The average molecular weight is 335 g/mol. The lowest BCUT2D eigenvalue weighted by Crippen LogP contribution is -2.51. The summed E-state index contributed by atoms with van der Waals surface area (Å²) in [6.45, 7) is 3.95. The predicted octanol–water partition coefficient (Wildman–Crippen LogP) is 3.75. The second-order valence-electron chi connectivity index (χ2n) is 6.84. The fraction of sp³-hybridized carbons (Fsp3) is 0.632. The molecule has 1 amide bonds. The Bertz CT molecular complexity index is 503. The number of hydrogen-bond donors (Lipinski definition) is 0. The summed E-state index contributed by atoms with van der Waals surface area (Å²) in [7, 11) is 0. The molecule has 3 nitrogen and oxygen atoms in total. The summed E-state index contributed by atoms with van der Waals surface area (Å²) in [5.74, 6) is 0.324. The first kappa shape index (κ1) is 16.8. The van der Waals surface area contributed by atoms with Crippen molar-refractivity contribution in [2.45, 2.75) is 51.0 Å². The number of aryl methyl sites for hydroxylation is 1. The van der Waals surface area contributed by atoms with Gasteiger partial charge in [0.15, 0.2) is 0 Å². The van der Waals surface area contributed by atoms with Gasteiger partial charge in [0.2, 0.25) is 5.91 Å². The maximum Gasteiger partial charge on any atom is 0.222 e. The van der Waals surface area contributed by atoms with Crippen molar-refractivity contribution in [3.8, 4) is 0 Å². The average Bonchev–Trinajstić information content (AvgIpc) is 3.11. The van der Waals surface area contributed by atoms with Crippen molar-refractivity contribution in [1.82, 2.24) is 9.80 Å². The monoisotopic (exact) mass is 334 g/mol. The molecule has 0 atom stereocenters. The highest BCUT2D eigenvalue weighted by atomic mass is 35.5. The molecule has 1 aliphatic heterocycles. The van der Waals surface area contributed by atoms with Crippen LogP contribution >= 0.6 is 11.6 Å². The number of carbonyl (C=O) groups is 1. The van der Waals surface area contributed by atoms with Crippen LogP contribution < -0.4 is 0 Å². The minimum absolute atomic E-state index is 0.324. The van der Waals surface area contributed by atoms with Crippen LogP contribution in [0.15, 0.2) is 24.3 Å². The minimum atomic E-state index is 0.324. The molecule has 2 aliphatic rings. The quantitative estimate of drug-likeness (QED) is 0.818. The summed E-state index contributed by atoms with van der Waals surface area (Å²) in [4.78, 5) is 17.0. The zero-order chi connectivity index (χ0) is 16.1. The topological polar surface area (TPSA) is 23.6 Å². The SMILES string of the molecule is O=C(CCCc1ccc(Cl)cc1)N1CCN(C2CCCC2)CC1. The molecule has 0 spiro atoms. The van der Waals surface area contributed by atoms with E-state index in [0.717, 1.165) is 50.1 Å². The van der Waals surface area contributed by atoms with Gasteiger partial charge in [-0.15, -0.1) is 0 Å². The van der Waals surface area contributed by atoms with Gasteiger partial charge in [0.05, 0.1) is 0 Å². The summed E-state index contributed by atoms with van der Waals surface area (Å²) in [6, 6.07) is 8.72. The molecule has 4 heteroatoms. The molecular formula is C19H27ClN2O. The Morgan fingerprint density at radius 2 is 1.70 bits per heavy atom. The van der Waals surface area contributed by atoms with E-state index in [4.69, 9.17) is 11.6 Å². The van der Waals surface area contributed by atoms with Crippen LogP contribution in [0.1, 0.15) is 44.1 Å². The summed E-state index contributed by atoms with van der Waals surface area (Å²) in [6.07, 6.45) is 8.01. The highest BCUT2D eigenvalue weighted by molar-refractivity contribution is 6.30. The molecule has 0 radical (unpaired) electrons. The van der Waals surface area contributed by atoms with E-state index >= 15 is 0 Å². The number of piperazine rings is 1. The van der Waals surface area contributed by atoms with Crippen molar-refractivity contribution >= 4 is 17.5 Å². The van der Waals surface area contributed by atoms with Gasteiger partial charge in [0.25, 0.3) is 0 Å². The smallest absolute Gasteiger partial charge is 0.222 e. The van der Waals surface area contributed by atoms with Gasteiger partial charge in [0.1, 0.15) is 0 Å². The molecule has 126 valence electrons. The largest absolute Gasteiger partial charge is 0.340 e. The van der Waals surface area contributed by atoms with E-state index in [2.05, 4.69) is 9.80 Å². The van der Waals surface area contributed by atoms with Crippen LogP contribution in [0.4, 0.5) is 0 Å². The number of amides is 1. The van der Waals surface area contributed by atoms with Gasteiger partial charge in [-0.1, -0.05) is 36.6 Å². The van der Waals surface area contributed by atoms with Crippen molar-refractivity contribution in [1.29, 1.82) is 0 Å². The van der Waals surface area contributed by atoms with Crippen LogP contribution in [0, 0.1) is 0 Å².